The molecule has 0 rings (SSSR count). The van der Waals surface area contributed by atoms with Gasteiger partial charge in [-0.3, -0.25) is 5.41 Å². The molecule has 0 spiro atoms. The van der Waals surface area contributed by atoms with Gasteiger partial charge >= 0.3 is 0 Å². The molecule has 0 radical (unpaired) electrons. The lowest BCUT2D eigenvalue weighted by Gasteiger charge is -2.03. The van der Waals surface area contributed by atoms with Crippen molar-refractivity contribution in [3.8, 4) is 0 Å². The van der Waals surface area contributed by atoms with Crippen molar-refractivity contribution >= 4 is 18.3 Å². The van der Waals surface area contributed by atoms with Crippen molar-refractivity contribution in [1.82, 2.24) is 0 Å². The monoisotopic (exact) mass is 277 g/mol. The number of hydrogen-bond acceptors (Lipinski definition) is 2. The molecule has 0 saturated carbocycles. The van der Waals surface area contributed by atoms with E-state index in [0.717, 1.165) is 12.8 Å². The van der Waals surface area contributed by atoms with E-state index in [1.165, 1.54) is 64.2 Å². The van der Waals surface area contributed by atoms with Crippen molar-refractivity contribution in [1.29, 1.82) is 5.41 Å². The van der Waals surface area contributed by atoms with Gasteiger partial charge in [0.1, 0.15) is 0 Å². The van der Waals surface area contributed by atoms with Crippen molar-refractivity contribution in [2.45, 2.75) is 84.0 Å². The van der Waals surface area contributed by atoms with Crippen LogP contribution in [-0.2, 0) is 4.74 Å². The van der Waals surface area contributed by atoms with E-state index in [9.17, 15) is 0 Å². The Kier molecular flexibility index (Phi) is 18.7. The van der Waals surface area contributed by atoms with Crippen LogP contribution >= 0.6 is 12.4 Å². The number of halogens is 1. The summed E-state index contributed by atoms with van der Waals surface area (Å²) in [6.07, 6.45) is 15.7. The summed E-state index contributed by atoms with van der Waals surface area (Å²) in [5.41, 5.74) is 0. The van der Waals surface area contributed by atoms with Crippen LogP contribution in [0.15, 0.2) is 0 Å². The number of hydrogen-bond donors (Lipinski definition) is 1. The molecule has 0 aromatic heterocycles. The Labute approximate surface area is 120 Å². The molecule has 0 heterocycles. The maximum absolute atomic E-state index is 7.34. The van der Waals surface area contributed by atoms with Gasteiger partial charge in [-0.25, -0.2) is 0 Å². The first kappa shape index (κ1) is 20.1. The lowest BCUT2D eigenvalue weighted by atomic mass is 10.1. The van der Waals surface area contributed by atoms with Crippen molar-refractivity contribution in [3.05, 3.63) is 0 Å². The molecule has 0 aliphatic heterocycles. The molecule has 0 saturated heterocycles. The van der Waals surface area contributed by atoms with Crippen molar-refractivity contribution < 1.29 is 4.74 Å². The molecule has 0 aromatic rings. The summed E-state index contributed by atoms with van der Waals surface area (Å²) in [5.74, 6) is 0.431. The summed E-state index contributed by atoms with van der Waals surface area (Å²) in [4.78, 5) is 0. The molecule has 3 heteroatoms. The fourth-order valence-corrected chi connectivity index (χ4v) is 2.05. The van der Waals surface area contributed by atoms with Gasteiger partial charge in [-0.05, 0) is 6.42 Å². The summed E-state index contributed by atoms with van der Waals surface area (Å²) in [7, 11) is 1.58. The van der Waals surface area contributed by atoms with Gasteiger partial charge in [-0.1, -0.05) is 71.1 Å². The molecule has 0 bridgehead atoms. The minimum Gasteiger partial charge on any atom is -0.484 e. The third-order valence-electron chi connectivity index (χ3n) is 3.25. The summed E-state index contributed by atoms with van der Waals surface area (Å²) in [6, 6.07) is 0. The van der Waals surface area contributed by atoms with Crippen LogP contribution < -0.4 is 0 Å². The van der Waals surface area contributed by atoms with Crippen LogP contribution in [0.5, 0.6) is 0 Å². The molecule has 18 heavy (non-hydrogen) atoms. The van der Waals surface area contributed by atoms with Crippen LogP contribution in [0.3, 0.4) is 0 Å². The van der Waals surface area contributed by atoms with E-state index in [0.29, 0.717) is 5.90 Å². The van der Waals surface area contributed by atoms with Crippen LogP contribution in [0.1, 0.15) is 84.0 Å². The summed E-state index contributed by atoms with van der Waals surface area (Å²) >= 11 is 0. The topological polar surface area (TPSA) is 33.1 Å². The Hall–Kier alpha value is -0.240. The summed E-state index contributed by atoms with van der Waals surface area (Å²) < 4.78 is 4.83. The SMILES string of the molecule is CCCCCCCCCCCCCC(=N)OC.Cl. The average Bonchev–Trinajstić information content (AvgIpc) is 2.35. The maximum Gasteiger partial charge on any atom is 0.180 e. The zero-order valence-corrected chi connectivity index (χ0v) is 13.1. The highest BCUT2D eigenvalue weighted by Gasteiger charge is 1.96. The van der Waals surface area contributed by atoms with Gasteiger partial charge in [0.2, 0.25) is 0 Å². The lowest BCUT2D eigenvalue weighted by molar-refractivity contribution is 0.382. The molecule has 110 valence electrons. The Balaban J connectivity index is 0. The third-order valence-corrected chi connectivity index (χ3v) is 3.25. The Morgan fingerprint density at radius 3 is 1.56 bits per heavy atom. The largest absolute Gasteiger partial charge is 0.484 e. The first-order valence-electron chi connectivity index (χ1n) is 7.42. The molecule has 0 fully saturated rings. The molecular weight excluding hydrogens is 246 g/mol. The van der Waals surface area contributed by atoms with E-state index in [1.54, 1.807) is 7.11 Å². The Morgan fingerprint density at radius 1 is 0.778 bits per heavy atom. The summed E-state index contributed by atoms with van der Waals surface area (Å²) in [5, 5.41) is 7.34. The second-order valence-corrected chi connectivity index (χ2v) is 4.91. The van der Waals surface area contributed by atoms with Gasteiger partial charge in [-0.2, -0.15) is 0 Å². The standard InChI is InChI=1S/C15H31NO.ClH/c1-3-4-5-6-7-8-9-10-11-12-13-14-15(16)17-2;/h16H,3-14H2,1-2H3;1H. The molecule has 0 aliphatic carbocycles. The second-order valence-electron chi connectivity index (χ2n) is 4.91. The van der Waals surface area contributed by atoms with E-state index in [1.807, 2.05) is 0 Å². The highest BCUT2D eigenvalue weighted by atomic mass is 35.5. The zero-order valence-electron chi connectivity index (χ0n) is 12.3. The molecule has 0 aromatic carbocycles. The van der Waals surface area contributed by atoms with Crippen LogP contribution in [-0.4, -0.2) is 13.0 Å². The van der Waals surface area contributed by atoms with Crippen molar-refractivity contribution in [2.24, 2.45) is 0 Å². The first-order chi connectivity index (χ1) is 8.31. The highest BCUT2D eigenvalue weighted by Crippen LogP contribution is 2.11. The molecule has 0 atom stereocenters. The first-order valence-corrected chi connectivity index (χ1v) is 7.42. The smallest absolute Gasteiger partial charge is 0.180 e. The van der Waals surface area contributed by atoms with Crippen LogP contribution in [0.2, 0.25) is 0 Å². The number of nitrogens with one attached hydrogen (secondary N) is 1. The molecular formula is C15H32ClNO. The van der Waals surface area contributed by atoms with Gasteiger partial charge in [0, 0.05) is 6.42 Å². The number of ether oxygens (including phenoxy) is 1. The quantitative estimate of drug-likeness (QED) is 0.276. The number of rotatable bonds is 12. The minimum atomic E-state index is 0. The highest BCUT2D eigenvalue weighted by molar-refractivity contribution is 5.85. The molecule has 0 unspecified atom stereocenters. The van der Waals surface area contributed by atoms with Gasteiger partial charge in [0.25, 0.3) is 0 Å². The zero-order chi connectivity index (χ0) is 12.8. The maximum atomic E-state index is 7.34. The fraction of sp³-hybridized carbons (Fsp3) is 0.933. The van der Waals surface area contributed by atoms with Gasteiger partial charge in [0.15, 0.2) is 5.90 Å². The van der Waals surface area contributed by atoms with E-state index in [2.05, 4.69) is 6.92 Å². The number of methoxy groups -OCH3 is 1. The number of unbranched alkanes of at least 4 members (excludes halogenated alkanes) is 10. The van der Waals surface area contributed by atoms with E-state index < -0.39 is 0 Å². The van der Waals surface area contributed by atoms with Gasteiger partial charge in [-0.15, -0.1) is 12.4 Å². The molecule has 1 N–H and O–H groups in total. The fourth-order valence-electron chi connectivity index (χ4n) is 2.05. The predicted octanol–water partition coefficient (Wildman–Crippen LogP) is 5.73. The Morgan fingerprint density at radius 2 is 1.17 bits per heavy atom. The van der Waals surface area contributed by atoms with Crippen LogP contribution in [0, 0.1) is 5.41 Å². The van der Waals surface area contributed by atoms with E-state index in [-0.39, 0.29) is 12.4 Å². The summed E-state index contributed by atoms with van der Waals surface area (Å²) in [6.45, 7) is 2.27. The Bertz CT molecular complexity index is 174. The molecule has 0 amide bonds. The normalized spacial score (nSPS) is 9.89. The van der Waals surface area contributed by atoms with Gasteiger partial charge < -0.3 is 4.74 Å². The third kappa shape index (κ3) is 15.8. The van der Waals surface area contributed by atoms with E-state index >= 15 is 0 Å². The average molecular weight is 278 g/mol. The van der Waals surface area contributed by atoms with E-state index in [4.69, 9.17) is 10.1 Å². The second kappa shape index (κ2) is 16.8. The van der Waals surface area contributed by atoms with Crippen molar-refractivity contribution in [3.63, 3.8) is 0 Å². The lowest BCUT2D eigenvalue weighted by Crippen LogP contribution is -1.97. The minimum absolute atomic E-state index is 0. The van der Waals surface area contributed by atoms with Crippen LogP contribution in [0.4, 0.5) is 0 Å². The van der Waals surface area contributed by atoms with Gasteiger partial charge in [0.05, 0.1) is 7.11 Å². The van der Waals surface area contributed by atoms with Crippen LogP contribution in [0.25, 0.3) is 0 Å². The van der Waals surface area contributed by atoms with Crippen molar-refractivity contribution in [2.75, 3.05) is 7.11 Å². The molecule has 0 aliphatic rings. The predicted molar refractivity (Wildman–Crippen MR) is 83.1 cm³/mol. The molecule has 2 nitrogen and oxygen atoms in total.